The third kappa shape index (κ3) is 5.95. The number of ether oxygens (including phenoxy) is 1. The SMILES string of the molecule is CN(c1cc2c(cc1Nc1nnc(-c3ccc(OC(F)(F)F)cc3)s1)nc(-c1ccc(F)cc1)n2C1CC1)C1CCCCC1. The van der Waals surface area contributed by atoms with Crippen LogP contribution in [0.1, 0.15) is 51.0 Å². The normalized spacial score (nSPS) is 15.9. The zero-order chi connectivity index (χ0) is 30.4. The fourth-order valence-electron chi connectivity index (χ4n) is 6.00. The van der Waals surface area contributed by atoms with E-state index in [1.165, 1.54) is 67.0 Å². The van der Waals surface area contributed by atoms with Gasteiger partial charge in [0.05, 0.1) is 22.4 Å². The van der Waals surface area contributed by atoms with Crippen LogP contribution in [-0.2, 0) is 0 Å². The molecule has 2 saturated carbocycles. The maximum Gasteiger partial charge on any atom is 0.573 e. The van der Waals surface area contributed by atoms with Gasteiger partial charge in [0.2, 0.25) is 5.13 Å². The molecule has 2 fully saturated rings. The Morgan fingerprint density at radius 1 is 0.909 bits per heavy atom. The predicted octanol–water partition coefficient (Wildman–Crippen LogP) is 9.11. The number of halogens is 4. The zero-order valence-electron chi connectivity index (χ0n) is 23.9. The topological polar surface area (TPSA) is 68.1 Å². The lowest BCUT2D eigenvalue weighted by molar-refractivity contribution is -0.274. The highest BCUT2D eigenvalue weighted by atomic mass is 32.1. The van der Waals surface area contributed by atoms with Crippen LogP contribution >= 0.6 is 11.3 Å². The Kier molecular flexibility index (Phi) is 7.39. The van der Waals surface area contributed by atoms with E-state index in [-0.39, 0.29) is 11.6 Å². The molecular weight excluding hydrogens is 592 g/mol. The van der Waals surface area contributed by atoms with Crippen molar-refractivity contribution >= 4 is 38.9 Å². The monoisotopic (exact) mass is 622 g/mol. The van der Waals surface area contributed by atoms with Crippen LogP contribution < -0.4 is 15.0 Å². The van der Waals surface area contributed by atoms with Gasteiger partial charge in [0.25, 0.3) is 0 Å². The number of hydrogen-bond acceptors (Lipinski definition) is 7. The van der Waals surface area contributed by atoms with Crippen LogP contribution in [-0.4, -0.2) is 39.2 Å². The molecule has 7 nitrogen and oxygen atoms in total. The van der Waals surface area contributed by atoms with E-state index < -0.39 is 6.36 Å². The van der Waals surface area contributed by atoms with Gasteiger partial charge in [-0.05, 0) is 86.3 Å². The standard InChI is InChI=1S/C32H30F4N6OS/c1-41(22-5-3-2-4-6-22)27-18-28-26(37-29(42(28)23-13-14-23)19-7-11-21(33)12-8-19)17-25(27)38-31-40-39-30(44-31)20-9-15-24(16-10-20)43-32(34,35)36/h7-12,15-18,22-23H,2-6,13-14H2,1H3,(H,38,40). The van der Waals surface area contributed by atoms with Crippen molar-refractivity contribution in [2.24, 2.45) is 0 Å². The van der Waals surface area contributed by atoms with E-state index in [0.29, 0.717) is 27.8 Å². The number of aromatic nitrogens is 4. The molecule has 2 aromatic heterocycles. The summed E-state index contributed by atoms with van der Waals surface area (Å²) in [6.07, 6.45) is 3.28. The van der Waals surface area contributed by atoms with Crippen LogP contribution in [0.25, 0.3) is 33.0 Å². The van der Waals surface area contributed by atoms with Gasteiger partial charge in [-0.25, -0.2) is 9.37 Å². The molecule has 7 rings (SSSR count). The minimum absolute atomic E-state index is 0.285. The second-order valence-electron chi connectivity index (χ2n) is 11.4. The van der Waals surface area contributed by atoms with Gasteiger partial charge < -0.3 is 19.5 Å². The van der Waals surface area contributed by atoms with E-state index in [1.807, 2.05) is 6.07 Å². The molecule has 228 valence electrons. The van der Waals surface area contributed by atoms with Crippen molar-refractivity contribution < 1.29 is 22.3 Å². The summed E-state index contributed by atoms with van der Waals surface area (Å²) in [5.41, 5.74) is 5.23. The molecule has 0 atom stereocenters. The Morgan fingerprint density at radius 2 is 1.61 bits per heavy atom. The van der Waals surface area contributed by atoms with Gasteiger partial charge >= 0.3 is 6.36 Å². The third-order valence-corrected chi connectivity index (χ3v) is 9.21. The summed E-state index contributed by atoms with van der Waals surface area (Å²) in [6, 6.07) is 17.0. The lowest BCUT2D eigenvalue weighted by Crippen LogP contribution is -2.33. The number of nitrogens with one attached hydrogen (secondary N) is 1. The Morgan fingerprint density at radius 3 is 2.30 bits per heavy atom. The van der Waals surface area contributed by atoms with E-state index >= 15 is 0 Å². The molecule has 44 heavy (non-hydrogen) atoms. The Balaban J connectivity index is 1.26. The van der Waals surface area contributed by atoms with E-state index in [1.54, 1.807) is 12.1 Å². The van der Waals surface area contributed by atoms with Crippen molar-refractivity contribution in [2.45, 2.75) is 63.4 Å². The van der Waals surface area contributed by atoms with Gasteiger partial charge in [-0.15, -0.1) is 23.4 Å². The first kappa shape index (κ1) is 28.6. The highest BCUT2D eigenvalue weighted by molar-refractivity contribution is 7.18. The lowest BCUT2D eigenvalue weighted by atomic mass is 9.94. The summed E-state index contributed by atoms with van der Waals surface area (Å²) in [6.45, 7) is 0. The Hall–Kier alpha value is -4.19. The van der Waals surface area contributed by atoms with Crippen LogP contribution in [0.2, 0.25) is 0 Å². The number of fused-ring (bicyclic) bond motifs is 1. The minimum atomic E-state index is -4.75. The predicted molar refractivity (Wildman–Crippen MR) is 164 cm³/mol. The number of imidazole rings is 1. The number of benzene rings is 3. The maximum atomic E-state index is 13.7. The van der Waals surface area contributed by atoms with Crippen molar-refractivity contribution in [1.29, 1.82) is 0 Å². The molecule has 0 saturated heterocycles. The van der Waals surface area contributed by atoms with Crippen LogP contribution in [0, 0.1) is 5.82 Å². The molecule has 0 aliphatic heterocycles. The molecule has 5 aromatic rings. The first-order chi connectivity index (χ1) is 21.2. The number of rotatable bonds is 8. The molecule has 2 heterocycles. The minimum Gasteiger partial charge on any atom is -0.406 e. The van der Waals surface area contributed by atoms with Gasteiger partial charge in [0.15, 0.2) is 0 Å². The number of nitrogens with zero attached hydrogens (tertiary/aromatic N) is 5. The first-order valence-corrected chi connectivity index (χ1v) is 15.5. The van der Waals surface area contributed by atoms with E-state index in [9.17, 15) is 17.6 Å². The second kappa shape index (κ2) is 11.4. The lowest BCUT2D eigenvalue weighted by Gasteiger charge is -2.34. The summed E-state index contributed by atoms with van der Waals surface area (Å²) in [5.74, 6) is 0.244. The highest BCUT2D eigenvalue weighted by Gasteiger charge is 2.32. The Bertz CT molecular complexity index is 1770. The quantitative estimate of drug-likeness (QED) is 0.174. The Labute approximate surface area is 255 Å². The molecule has 0 spiro atoms. The second-order valence-corrected chi connectivity index (χ2v) is 12.4. The average Bonchev–Trinajstić information content (AvgIpc) is 3.62. The number of hydrogen-bond donors (Lipinski definition) is 1. The van der Waals surface area contributed by atoms with E-state index in [4.69, 9.17) is 4.98 Å². The van der Waals surface area contributed by atoms with Gasteiger partial charge in [-0.1, -0.05) is 30.6 Å². The molecule has 0 radical (unpaired) electrons. The van der Waals surface area contributed by atoms with Crippen molar-refractivity contribution in [3.63, 3.8) is 0 Å². The summed E-state index contributed by atoms with van der Waals surface area (Å²) in [5, 5.41) is 13.2. The smallest absolute Gasteiger partial charge is 0.406 e. The molecule has 0 amide bonds. The largest absolute Gasteiger partial charge is 0.573 e. The summed E-state index contributed by atoms with van der Waals surface area (Å²) < 4.78 is 57.7. The fraction of sp³-hybridized carbons (Fsp3) is 0.344. The van der Waals surface area contributed by atoms with Gasteiger partial charge in [0.1, 0.15) is 22.4 Å². The van der Waals surface area contributed by atoms with Crippen molar-refractivity contribution in [2.75, 3.05) is 17.3 Å². The molecule has 12 heteroatoms. The summed E-state index contributed by atoms with van der Waals surface area (Å²) >= 11 is 1.31. The summed E-state index contributed by atoms with van der Waals surface area (Å²) in [7, 11) is 2.14. The van der Waals surface area contributed by atoms with Crippen molar-refractivity contribution in [3.05, 3.63) is 66.5 Å². The van der Waals surface area contributed by atoms with Crippen LogP contribution in [0.3, 0.4) is 0 Å². The number of alkyl halides is 3. The fourth-order valence-corrected chi connectivity index (χ4v) is 6.76. The van der Waals surface area contributed by atoms with E-state index in [2.05, 4.69) is 42.8 Å². The molecule has 0 bridgehead atoms. The van der Waals surface area contributed by atoms with Gasteiger partial charge in [-0.3, -0.25) is 0 Å². The van der Waals surface area contributed by atoms with Crippen LogP contribution in [0.5, 0.6) is 5.75 Å². The summed E-state index contributed by atoms with van der Waals surface area (Å²) in [4.78, 5) is 7.38. The highest BCUT2D eigenvalue weighted by Crippen LogP contribution is 2.44. The van der Waals surface area contributed by atoms with Crippen LogP contribution in [0.15, 0.2) is 60.7 Å². The van der Waals surface area contributed by atoms with Crippen molar-refractivity contribution in [3.8, 4) is 27.7 Å². The van der Waals surface area contributed by atoms with Gasteiger partial charge in [0, 0.05) is 30.3 Å². The van der Waals surface area contributed by atoms with Crippen molar-refractivity contribution in [1.82, 2.24) is 19.7 Å². The molecule has 2 aliphatic rings. The molecular formula is C32H30F4N6OS. The maximum absolute atomic E-state index is 13.7. The third-order valence-electron chi connectivity index (χ3n) is 8.33. The van der Waals surface area contributed by atoms with Crippen LogP contribution in [0.4, 0.5) is 34.1 Å². The molecule has 1 N–H and O–H groups in total. The molecule has 3 aromatic carbocycles. The molecule has 2 aliphatic carbocycles. The number of anilines is 3. The van der Waals surface area contributed by atoms with Gasteiger partial charge in [-0.2, -0.15) is 0 Å². The average molecular weight is 623 g/mol. The first-order valence-electron chi connectivity index (χ1n) is 14.7. The van der Waals surface area contributed by atoms with E-state index in [0.717, 1.165) is 59.5 Å². The molecule has 0 unspecified atom stereocenters. The zero-order valence-corrected chi connectivity index (χ0v) is 24.8.